The van der Waals surface area contributed by atoms with Crippen LogP contribution in [0, 0.1) is 0 Å². The van der Waals surface area contributed by atoms with Crippen LogP contribution in [0.4, 0.5) is 0 Å². The molecule has 0 bridgehead atoms. The van der Waals surface area contributed by atoms with Gasteiger partial charge in [-0.3, -0.25) is 0 Å². The van der Waals surface area contributed by atoms with Crippen LogP contribution in [-0.2, 0) is 43.4 Å². The highest BCUT2D eigenvalue weighted by molar-refractivity contribution is 5.49. The van der Waals surface area contributed by atoms with Crippen LogP contribution in [0.15, 0.2) is 243 Å². The molecule has 8 aromatic carbocycles. The fraction of sp³-hybridized carbons (Fsp3) is 0.172. The first-order chi connectivity index (χ1) is 31.6. The van der Waals surface area contributed by atoms with Crippen molar-refractivity contribution in [1.82, 2.24) is 0 Å². The monoisotopic (exact) mass is 846 g/mol. The molecular weight excluding hydrogens is 793 g/mol. The van der Waals surface area contributed by atoms with Crippen LogP contribution in [0.2, 0.25) is 0 Å². The molecule has 6 heteroatoms. The third kappa shape index (κ3) is 10.1. The van der Waals surface area contributed by atoms with E-state index in [4.69, 9.17) is 18.9 Å². The number of benzene rings is 8. The second kappa shape index (κ2) is 21.7. The number of hydrogen-bond acceptors (Lipinski definition) is 6. The number of aliphatic hydroxyl groups excluding tert-OH is 2. The summed E-state index contributed by atoms with van der Waals surface area (Å²) in [6, 6.07) is 80.0. The van der Waals surface area contributed by atoms with E-state index in [2.05, 4.69) is 0 Å². The maximum absolute atomic E-state index is 12.6. The predicted octanol–water partition coefficient (Wildman–Crippen LogP) is 10.9. The molecule has 0 aliphatic heterocycles. The van der Waals surface area contributed by atoms with Crippen molar-refractivity contribution >= 4 is 0 Å². The van der Waals surface area contributed by atoms with Crippen molar-refractivity contribution in [3.63, 3.8) is 0 Å². The first kappa shape index (κ1) is 44.1. The Morgan fingerprint density at radius 2 is 0.500 bits per heavy atom. The largest absolute Gasteiger partial charge is 0.388 e. The first-order valence-corrected chi connectivity index (χ1v) is 21.9. The maximum Gasteiger partial charge on any atom is 0.143 e. The van der Waals surface area contributed by atoms with Gasteiger partial charge >= 0.3 is 0 Å². The molecule has 2 N–H and O–H groups in total. The van der Waals surface area contributed by atoms with Gasteiger partial charge in [0.05, 0.1) is 26.4 Å². The SMILES string of the molecule is O[C@@H]([C@H](O)[C@@H](COC(c1ccccc1)(c1ccccc1)c1ccccc1)OCc1ccccc1)[C@@H](COC(c1ccccc1)(c1ccccc1)c1ccccc1)OCc1ccccc1. The average molecular weight is 847 g/mol. The van der Waals surface area contributed by atoms with E-state index in [1.807, 2.05) is 243 Å². The summed E-state index contributed by atoms with van der Waals surface area (Å²) in [4.78, 5) is 0. The van der Waals surface area contributed by atoms with Crippen LogP contribution in [0.5, 0.6) is 0 Å². The van der Waals surface area contributed by atoms with Gasteiger partial charge in [-0.15, -0.1) is 0 Å². The molecule has 0 aliphatic rings. The normalized spacial score (nSPS) is 13.7. The van der Waals surface area contributed by atoms with Crippen molar-refractivity contribution in [2.24, 2.45) is 0 Å². The van der Waals surface area contributed by atoms with E-state index in [1.54, 1.807) is 0 Å². The van der Waals surface area contributed by atoms with E-state index in [-0.39, 0.29) is 26.4 Å². The lowest BCUT2D eigenvalue weighted by Gasteiger charge is -2.40. The Balaban J connectivity index is 1.17. The molecule has 8 aromatic rings. The van der Waals surface area contributed by atoms with Gasteiger partial charge in [-0.25, -0.2) is 0 Å². The zero-order valence-corrected chi connectivity index (χ0v) is 35.8. The molecule has 0 aromatic heterocycles. The van der Waals surface area contributed by atoms with Gasteiger partial charge < -0.3 is 29.2 Å². The van der Waals surface area contributed by atoms with E-state index in [9.17, 15) is 10.2 Å². The van der Waals surface area contributed by atoms with Gasteiger partial charge in [0, 0.05) is 0 Å². The summed E-state index contributed by atoms with van der Waals surface area (Å²) in [5.74, 6) is 0. The molecule has 322 valence electrons. The van der Waals surface area contributed by atoms with Crippen molar-refractivity contribution < 1.29 is 29.2 Å². The highest BCUT2D eigenvalue weighted by Gasteiger charge is 2.43. The molecule has 0 saturated carbocycles. The van der Waals surface area contributed by atoms with E-state index in [1.165, 1.54) is 0 Å². The minimum atomic E-state index is -1.49. The van der Waals surface area contributed by atoms with Gasteiger partial charge in [-0.2, -0.15) is 0 Å². The number of aliphatic hydroxyl groups is 2. The molecule has 0 unspecified atom stereocenters. The summed E-state index contributed by atoms with van der Waals surface area (Å²) in [5, 5.41) is 25.2. The Hall–Kier alpha value is -6.48. The zero-order valence-electron chi connectivity index (χ0n) is 35.8. The summed E-state index contributed by atoms with van der Waals surface area (Å²) >= 11 is 0. The van der Waals surface area contributed by atoms with Gasteiger partial charge in [0.15, 0.2) is 0 Å². The molecule has 0 fully saturated rings. The van der Waals surface area contributed by atoms with Crippen LogP contribution in [0.3, 0.4) is 0 Å². The van der Waals surface area contributed by atoms with E-state index in [0.717, 1.165) is 44.5 Å². The first-order valence-electron chi connectivity index (χ1n) is 21.9. The maximum atomic E-state index is 12.6. The summed E-state index contributed by atoms with van der Waals surface area (Å²) in [6.07, 6.45) is -5.05. The van der Waals surface area contributed by atoms with Crippen molar-refractivity contribution in [3.8, 4) is 0 Å². The molecule has 8 rings (SSSR count). The molecular formula is C58H54O6. The molecule has 0 amide bonds. The van der Waals surface area contributed by atoms with Crippen molar-refractivity contribution in [3.05, 3.63) is 287 Å². The second-order valence-corrected chi connectivity index (χ2v) is 15.8. The molecule has 0 aliphatic carbocycles. The molecule has 0 saturated heterocycles. The topological polar surface area (TPSA) is 77.4 Å². The lowest BCUT2D eigenvalue weighted by atomic mass is 9.80. The number of rotatable bonds is 21. The number of hydrogen-bond donors (Lipinski definition) is 2. The van der Waals surface area contributed by atoms with Gasteiger partial charge in [0.1, 0.15) is 35.6 Å². The van der Waals surface area contributed by atoms with Gasteiger partial charge in [0.25, 0.3) is 0 Å². The molecule has 4 atom stereocenters. The highest BCUT2D eigenvalue weighted by atomic mass is 16.6. The van der Waals surface area contributed by atoms with Crippen LogP contribution in [-0.4, -0.2) is 47.8 Å². The van der Waals surface area contributed by atoms with E-state index < -0.39 is 35.6 Å². The molecule has 6 nitrogen and oxygen atoms in total. The molecule has 0 heterocycles. The second-order valence-electron chi connectivity index (χ2n) is 15.8. The Morgan fingerprint density at radius 3 is 0.719 bits per heavy atom. The predicted molar refractivity (Wildman–Crippen MR) is 252 cm³/mol. The fourth-order valence-corrected chi connectivity index (χ4v) is 8.44. The molecule has 64 heavy (non-hydrogen) atoms. The third-order valence-corrected chi connectivity index (χ3v) is 11.7. The van der Waals surface area contributed by atoms with Gasteiger partial charge in [-0.1, -0.05) is 243 Å². The highest BCUT2D eigenvalue weighted by Crippen LogP contribution is 2.42. The van der Waals surface area contributed by atoms with Crippen LogP contribution in [0.25, 0.3) is 0 Å². The third-order valence-electron chi connectivity index (χ3n) is 11.7. The van der Waals surface area contributed by atoms with Crippen LogP contribution < -0.4 is 0 Å². The van der Waals surface area contributed by atoms with Crippen molar-refractivity contribution in [1.29, 1.82) is 0 Å². The lowest BCUT2D eigenvalue weighted by Crippen LogP contribution is -2.51. The Kier molecular flexibility index (Phi) is 15.0. The van der Waals surface area contributed by atoms with E-state index in [0.29, 0.717) is 0 Å². The van der Waals surface area contributed by atoms with E-state index >= 15 is 0 Å². The van der Waals surface area contributed by atoms with Gasteiger partial charge in [0.2, 0.25) is 0 Å². The summed E-state index contributed by atoms with van der Waals surface area (Å²) in [6.45, 7) is 0.133. The fourth-order valence-electron chi connectivity index (χ4n) is 8.44. The zero-order chi connectivity index (χ0) is 43.9. The smallest absolute Gasteiger partial charge is 0.143 e. The standard InChI is InChI=1S/C58H54O6/c59-55(53(61-41-45-25-9-1-10-26-45)43-63-57(47-29-13-3-14-30-47,48-31-15-4-16-32-48)49-33-17-5-18-34-49)56(60)54(62-42-46-27-11-2-12-28-46)44-64-58(50-35-19-6-20-36-50,51-37-21-7-22-38-51)52-39-23-8-24-40-52/h1-40,53-56,59-60H,41-44H2/t53-,54-,55-,56-/m1/s1. The van der Waals surface area contributed by atoms with Crippen molar-refractivity contribution in [2.75, 3.05) is 13.2 Å². The summed E-state index contributed by atoms with van der Waals surface area (Å²) in [7, 11) is 0. The number of ether oxygens (including phenoxy) is 4. The lowest BCUT2D eigenvalue weighted by molar-refractivity contribution is -0.181. The molecule has 0 radical (unpaired) electrons. The van der Waals surface area contributed by atoms with Crippen LogP contribution in [0.1, 0.15) is 44.5 Å². The van der Waals surface area contributed by atoms with Crippen molar-refractivity contribution in [2.45, 2.75) is 48.8 Å². The summed E-state index contributed by atoms with van der Waals surface area (Å²) < 4.78 is 27.8. The molecule has 0 spiro atoms. The van der Waals surface area contributed by atoms with Gasteiger partial charge in [-0.05, 0) is 44.5 Å². The minimum Gasteiger partial charge on any atom is -0.388 e. The quantitative estimate of drug-likeness (QED) is 0.0702. The van der Waals surface area contributed by atoms with Crippen LogP contribution >= 0.6 is 0 Å². The average Bonchev–Trinajstić information content (AvgIpc) is 3.38. The Labute approximate surface area is 377 Å². The minimum absolute atomic E-state index is 0.0992. The Morgan fingerprint density at radius 1 is 0.297 bits per heavy atom. The summed E-state index contributed by atoms with van der Waals surface area (Å²) in [5.41, 5.74) is 5.04. The Bertz CT molecular complexity index is 2150.